The summed E-state index contributed by atoms with van der Waals surface area (Å²) >= 11 is 0. The van der Waals surface area contributed by atoms with Gasteiger partial charge in [0.25, 0.3) is 5.69 Å². The number of allylic oxidation sites excluding steroid dienone is 1. The number of ketones is 1. The molecule has 10 heteroatoms. The van der Waals surface area contributed by atoms with Crippen molar-refractivity contribution in [1.82, 2.24) is 5.01 Å². The molecule has 10 nitrogen and oxygen atoms in total. The summed E-state index contributed by atoms with van der Waals surface area (Å²) in [7, 11) is 1.35. The molecular weight excluding hydrogens is 404 g/mol. The number of rotatable bonds is 4. The second kappa shape index (κ2) is 7.00. The molecule has 1 aromatic carbocycles. The average Bonchev–Trinajstić information content (AvgIpc) is 3.19. The molecule has 4 atom stereocenters. The Morgan fingerprint density at radius 3 is 2.48 bits per heavy atom. The van der Waals surface area contributed by atoms with Crippen molar-refractivity contribution in [2.75, 3.05) is 12.0 Å². The minimum absolute atomic E-state index is 0.00195. The Morgan fingerprint density at radius 1 is 1.19 bits per heavy atom. The summed E-state index contributed by atoms with van der Waals surface area (Å²) in [6.45, 7) is 5.26. The van der Waals surface area contributed by atoms with E-state index in [0.29, 0.717) is 0 Å². The molecule has 3 aliphatic heterocycles. The molecule has 2 fully saturated rings. The number of Topliss-reactive ketones (excluding diaryl/α,β-unsaturated/α-hetero) is 1. The van der Waals surface area contributed by atoms with Gasteiger partial charge in [-0.15, -0.1) is 0 Å². The van der Waals surface area contributed by atoms with Crippen molar-refractivity contribution >= 4 is 35.2 Å². The van der Waals surface area contributed by atoms with E-state index in [1.807, 2.05) is 0 Å². The molecule has 162 valence electrons. The van der Waals surface area contributed by atoms with Gasteiger partial charge in [0.2, 0.25) is 11.8 Å². The van der Waals surface area contributed by atoms with Gasteiger partial charge in [0.05, 0.1) is 29.9 Å². The summed E-state index contributed by atoms with van der Waals surface area (Å²) in [5.74, 6) is -2.95. The smallest absolute Gasteiger partial charge is 0.271 e. The number of carbonyl (C=O) groups excluding carboxylic acids is 3. The second-order valence-corrected chi connectivity index (χ2v) is 8.76. The van der Waals surface area contributed by atoms with Gasteiger partial charge in [-0.25, -0.2) is 4.90 Å². The zero-order valence-electron chi connectivity index (χ0n) is 17.5. The van der Waals surface area contributed by atoms with E-state index in [9.17, 15) is 24.5 Å². The van der Waals surface area contributed by atoms with Crippen LogP contribution in [0.5, 0.6) is 5.75 Å². The molecule has 4 rings (SSSR count). The molecule has 3 heterocycles. The number of fused-ring (bicyclic) bond motifs is 3. The highest BCUT2D eigenvalue weighted by Gasteiger charge is 2.65. The molecule has 0 spiro atoms. The van der Waals surface area contributed by atoms with Crippen molar-refractivity contribution in [2.45, 2.75) is 32.9 Å². The third kappa shape index (κ3) is 3.01. The number of non-ortho nitro benzene ring substituents is 1. The number of benzene rings is 1. The first-order valence-corrected chi connectivity index (χ1v) is 9.81. The summed E-state index contributed by atoms with van der Waals surface area (Å²) in [6.07, 6.45) is 4.95. The highest BCUT2D eigenvalue weighted by molar-refractivity contribution is 6.25. The van der Waals surface area contributed by atoms with Crippen LogP contribution in [0.1, 0.15) is 20.8 Å². The molecule has 0 bridgehead atoms. The van der Waals surface area contributed by atoms with E-state index in [2.05, 4.69) is 5.10 Å². The van der Waals surface area contributed by atoms with Crippen molar-refractivity contribution in [1.29, 1.82) is 0 Å². The van der Waals surface area contributed by atoms with Crippen molar-refractivity contribution < 1.29 is 24.0 Å². The van der Waals surface area contributed by atoms with Crippen LogP contribution in [0, 0.1) is 27.4 Å². The first kappa shape index (κ1) is 20.7. The van der Waals surface area contributed by atoms with Gasteiger partial charge in [-0.05, 0) is 12.1 Å². The number of nitro groups is 1. The van der Waals surface area contributed by atoms with Gasteiger partial charge < -0.3 is 4.74 Å². The van der Waals surface area contributed by atoms with Crippen LogP contribution in [0.4, 0.5) is 11.4 Å². The first-order valence-electron chi connectivity index (χ1n) is 9.81. The SMILES string of the molecule is COc1ccc([N+](=O)[O-])cc1N1C(=O)[C@@H]2[C@H](C1=O)[C@H]1C=CC=NN1[C@@H]2C(=O)C(C)(C)C. The fraction of sp³-hybridized carbons (Fsp3) is 0.429. The molecule has 0 aromatic heterocycles. The summed E-state index contributed by atoms with van der Waals surface area (Å²) in [4.78, 5) is 51.9. The fourth-order valence-corrected chi connectivity index (χ4v) is 4.49. The van der Waals surface area contributed by atoms with E-state index < -0.39 is 46.1 Å². The summed E-state index contributed by atoms with van der Waals surface area (Å²) < 4.78 is 5.26. The maximum absolute atomic E-state index is 13.6. The van der Waals surface area contributed by atoms with Crippen molar-refractivity contribution in [3.63, 3.8) is 0 Å². The lowest BCUT2D eigenvalue weighted by molar-refractivity contribution is -0.384. The fourth-order valence-electron chi connectivity index (χ4n) is 4.49. The average molecular weight is 426 g/mol. The summed E-state index contributed by atoms with van der Waals surface area (Å²) in [5.41, 5.74) is -1.04. The molecule has 31 heavy (non-hydrogen) atoms. The summed E-state index contributed by atoms with van der Waals surface area (Å²) in [5, 5.41) is 17.1. The molecule has 0 radical (unpaired) electrons. The molecule has 1 aromatic rings. The van der Waals surface area contributed by atoms with Crippen molar-refractivity contribution in [3.05, 3.63) is 40.5 Å². The topological polar surface area (TPSA) is 122 Å². The highest BCUT2D eigenvalue weighted by Crippen LogP contribution is 2.48. The number of hydrogen-bond acceptors (Lipinski definition) is 8. The van der Waals surface area contributed by atoms with Crippen molar-refractivity contribution in [2.24, 2.45) is 22.4 Å². The van der Waals surface area contributed by atoms with Gasteiger partial charge in [-0.1, -0.05) is 26.8 Å². The number of anilines is 1. The zero-order chi connectivity index (χ0) is 22.7. The zero-order valence-corrected chi connectivity index (χ0v) is 17.5. The van der Waals surface area contributed by atoms with Crippen LogP contribution in [0.25, 0.3) is 0 Å². The number of nitrogens with zero attached hydrogens (tertiary/aromatic N) is 4. The number of hydrogen-bond donors (Lipinski definition) is 0. The van der Waals surface area contributed by atoms with E-state index >= 15 is 0 Å². The number of amides is 2. The van der Waals surface area contributed by atoms with E-state index in [1.165, 1.54) is 25.5 Å². The lowest BCUT2D eigenvalue weighted by Gasteiger charge is -2.33. The normalized spacial score (nSPS) is 26.8. The van der Waals surface area contributed by atoms with Gasteiger partial charge >= 0.3 is 0 Å². The molecule has 0 aliphatic carbocycles. The maximum atomic E-state index is 13.6. The minimum Gasteiger partial charge on any atom is -0.495 e. The van der Waals surface area contributed by atoms with Crippen LogP contribution in [-0.2, 0) is 14.4 Å². The maximum Gasteiger partial charge on any atom is 0.271 e. The van der Waals surface area contributed by atoms with Gasteiger partial charge in [-0.2, -0.15) is 5.10 Å². The Morgan fingerprint density at radius 2 is 1.87 bits per heavy atom. The van der Waals surface area contributed by atoms with Gasteiger partial charge in [0, 0.05) is 23.8 Å². The Bertz CT molecular complexity index is 1060. The van der Waals surface area contributed by atoms with Crippen LogP contribution in [0.15, 0.2) is 35.5 Å². The van der Waals surface area contributed by atoms with E-state index in [4.69, 9.17) is 4.74 Å². The van der Waals surface area contributed by atoms with E-state index in [-0.39, 0.29) is 22.9 Å². The van der Waals surface area contributed by atoms with Gasteiger partial charge in [0.1, 0.15) is 17.5 Å². The third-order valence-electron chi connectivity index (χ3n) is 5.91. The Balaban J connectivity index is 1.83. The largest absolute Gasteiger partial charge is 0.495 e. The molecule has 2 amide bonds. The third-order valence-corrected chi connectivity index (χ3v) is 5.91. The first-order chi connectivity index (χ1) is 14.6. The molecular formula is C21H22N4O6. The monoisotopic (exact) mass is 426 g/mol. The number of nitro benzene ring substituents is 1. The Hall–Kier alpha value is -3.56. The lowest BCUT2D eigenvalue weighted by atomic mass is 9.80. The number of imide groups is 1. The highest BCUT2D eigenvalue weighted by atomic mass is 16.6. The standard InChI is InChI=1S/C21H22N4O6/c1-21(2,3)18(26)17-16-15(12-6-5-9-22-24(12)17)19(27)23(20(16)28)13-10-11(25(29)30)7-8-14(13)31-4/h5-10,12,15-17H,1-4H3/t12-,15-,16-,17+/m1/s1. The molecule has 3 aliphatic rings. The minimum atomic E-state index is -0.951. The van der Waals surface area contributed by atoms with Crippen LogP contribution in [0.3, 0.4) is 0 Å². The van der Waals surface area contributed by atoms with Crippen LogP contribution >= 0.6 is 0 Å². The van der Waals surface area contributed by atoms with Gasteiger partial charge in [0.15, 0.2) is 5.78 Å². The number of ether oxygens (including phenoxy) is 1. The molecule has 0 unspecified atom stereocenters. The quantitative estimate of drug-likeness (QED) is 0.409. The second-order valence-electron chi connectivity index (χ2n) is 8.76. The van der Waals surface area contributed by atoms with Gasteiger partial charge in [-0.3, -0.25) is 29.5 Å². The van der Waals surface area contributed by atoms with Crippen LogP contribution in [-0.4, -0.2) is 52.9 Å². The summed E-state index contributed by atoms with van der Waals surface area (Å²) in [6, 6.07) is 2.25. The predicted molar refractivity (Wildman–Crippen MR) is 111 cm³/mol. The molecule has 0 saturated carbocycles. The van der Waals surface area contributed by atoms with E-state index in [0.717, 1.165) is 11.0 Å². The molecule has 0 N–H and O–H groups in total. The number of methoxy groups -OCH3 is 1. The van der Waals surface area contributed by atoms with Crippen LogP contribution < -0.4 is 9.64 Å². The van der Waals surface area contributed by atoms with E-state index in [1.54, 1.807) is 37.9 Å². The Labute approximate surface area is 178 Å². The Kier molecular flexibility index (Phi) is 4.68. The predicted octanol–water partition coefficient (Wildman–Crippen LogP) is 1.93. The number of hydrazone groups is 1. The van der Waals surface area contributed by atoms with Crippen molar-refractivity contribution in [3.8, 4) is 5.75 Å². The van der Waals surface area contributed by atoms with Crippen LogP contribution in [0.2, 0.25) is 0 Å². The molecule has 2 saturated heterocycles. The lowest BCUT2D eigenvalue weighted by Crippen LogP contribution is -2.49. The number of carbonyl (C=O) groups is 3.